The van der Waals surface area contributed by atoms with Crippen molar-refractivity contribution in [2.75, 3.05) is 25.2 Å². The highest BCUT2D eigenvalue weighted by atomic mass is 32.2. The molecular weight excluding hydrogens is 400 g/mol. The Morgan fingerprint density at radius 3 is 2.75 bits per heavy atom. The van der Waals surface area contributed by atoms with Crippen molar-refractivity contribution in [2.24, 2.45) is 0 Å². The number of hydrogen-bond acceptors (Lipinski definition) is 6. The Balaban J connectivity index is 1.67. The van der Waals surface area contributed by atoms with E-state index in [-0.39, 0.29) is 16.6 Å². The van der Waals surface area contributed by atoms with Gasteiger partial charge in [-0.3, -0.25) is 4.79 Å². The van der Waals surface area contributed by atoms with E-state index in [1.54, 1.807) is 26.2 Å². The number of thioether (sulfide) groups is 1. The Kier molecular flexibility index (Phi) is 5.92. The lowest BCUT2D eigenvalue weighted by atomic mass is 10.2. The summed E-state index contributed by atoms with van der Waals surface area (Å²) in [6, 6.07) is 10.3. The number of benzene rings is 2. The van der Waals surface area contributed by atoms with E-state index in [1.165, 1.54) is 24.9 Å². The average Bonchev–Trinajstić information content (AvgIpc) is 3.09. The number of sulfonamides is 1. The number of hydrogen-bond donors (Lipinski definition) is 3. The van der Waals surface area contributed by atoms with Gasteiger partial charge in [0.1, 0.15) is 5.75 Å². The number of aromatic amines is 1. The molecule has 0 unspecified atom stereocenters. The molecule has 0 atom stereocenters. The Hall–Kier alpha value is -2.56. The van der Waals surface area contributed by atoms with Gasteiger partial charge in [-0.15, -0.1) is 0 Å². The highest BCUT2D eigenvalue weighted by Gasteiger charge is 2.16. The molecule has 0 bridgehead atoms. The highest BCUT2D eigenvalue weighted by Crippen LogP contribution is 2.24. The van der Waals surface area contributed by atoms with Gasteiger partial charge >= 0.3 is 0 Å². The number of rotatable bonds is 7. The number of fused-ring (bicyclic) bond motifs is 1. The summed E-state index contributed by atoms with van der Waals surface area (Å²) < 4.78 is 31.6. The summed E-state index contributed by atoms with van der Waals surface area (Å²) in [5.74, 6) is 0.579. The molecular formula is C18H20N4O4S2. The van der Waals surface area contributed by atoms with Gasteiger partial charge in [-0.2, -0.15) is 0 Å². The van der Waals surface area contributed by atoms with Gasteiger partial charge in [0.15, 0.2) is 5.16 Å². The maximum absolute atomic E-state index is 12.3. The molecule has 0 radical (unpaired) electrons. The van der Waals surface area contributed by atoms with E-state index < -0.39 is 10.0 Å². The fraction of sp³-hybridized carbons (Fsp3) is 0.222. The third-order valence-electron chi connectivity index (χ3n) is 4.04. The summed E-state index contributed by atoms with van der Waals surface area (Å²) in [5.41, 5.74) is 2.62. The van der Waals surface area contributed by atoms with Gasteiger partial charge in [-0.25, -0.2) is 18.1 Å². The van der Waals surface area contributed by atoms with Crippen LogP contribution < -0.4 is 14.8 Å². The van der Waals surface area contributed by atoms with Gasteiger partial charge in [0, 0.05) is 11.8 Å². The van der Waals surface area contributed by atoms with Crippen LogP contribution in [0.3, 0.4) is 0 Å². The Morgan fingerprint density at radius 1 is 1.25 bits per heavy atom. The second kappa shape index (κ2) is 8.21. The Labute approximate surface area is 167 Å². The zero-order valence-electron chi connectivity index (χ0n) is 15.6. The van der Waals surface area contributed by atoms with E-state index in [1.807, 2.05) is 18.2 Å². The molecule has 0 spiro atoms. The molecule has 148 valence electrons. The van der Waals surface area contributed by atoms with Crippen LogP contribution in [0.1, 0.15) is 5.56 Å². The number of carbonyl (C=O) groups excluding carboxylic acids is 1. The van der Waals surface area contributed by atoms with Crippen LogP contribution in [0.25, 0.3) is 11.0 Å². The van der Waals surface area contributed by atoms with Gasteiger partial charge in [0.25, 0.3) is 0 Å². The number of amides is 1. The minimum Gasteiger partial charge on any atom is -0.497 e. The van der Waals surface area contributed by atoms with E-state index in [4.69, 9.17) is 4.74 Å². The summed E-state index contributed by atoms with van der Waals surface area (Å²) in [4.78, 5) is 19.9. The number of imidazole rings is 1. The fourth-order valence-electron chi connectivity index (χ4n) is 2.57. The molecule has 1 heterocycles. The van der Waals surface area contributed by atoms with Crippen LogP contribution in [0, 0.1) is 6.92 Å². The number of nitrogens with one attached hydrogen (secondary N) is 3. The van der Waals surface area contributed by atoms with Crippen molar-refractivity contribution < 1.29 is 17.9 Å². The van der Waals surface area contributed by atoms with Gasteiger partial charge in [0.05, 0.1) is 28.8 Å². The van der Waals surface area contributed by atoms with E-state index in [9.17, 15) is 13.2 Å². The van der Waals surface area contributed by atoms with Crippen LogP contribution in [0.5, 0.6) is 5.75 Å². The van der Waals surface area contributed by atoms with Gasteiger partial charge < -0.3 is 15.0 Å². The van der Waals surface area contributed by atoms with E-state index in [0.29, 0.717) is 16.4 Å². The number of methoxy groups -OCH3 is 1. The second-order valence-electron chi connectivity index (χ2n) is 5.95. The predicted octanol–water partition coefficient (Wildman–Crippen LogP) is 2.52. The van der Waals surface area contributed by atoms with Crippen LogP contribution in [0.15, 0.2) is 46.5 Å². The normalized spacial score (nSPS) is 11.5. The van der Waals surface area contributed by atoms with Gasteiger partial charge in [0.2, 0.25) is 15.9 Å². The number of aromatic nitrogens is 2. The lowest BCUT2D eigenvalue weighted by Gasteiger charge is -2.10. The van der Waals surface area contributed by atoms with Crippen molar-refractivity contribution in [2.45, 2.75) is 17.0 Å². The molecule has 1 amide bonds. The number of aryl methyl sites for hydroxylation is 1. The first kappa shape index (κ1) is 20.2. The van der Waals surface area contributed by atoms with Crippen molar-refractivity contribution in [1.29, 1.82) is 0 Å². The maximum Gasteiger partial charge on any atom is 0.240 e. The topological polar surface area (TPSA) is 113 Å². The first-order valence-corrected chi connectivity index (χ1v) is 10.8. The SMILES string of the molecule is CNS(=O)(=O)c1cc(NC(=O)CSc2nc3ccc(OC)cc3[nH]2)ccc1C. The van der Waals surface area contributed by atoms with E-state index >= 15 is 0 Å². The summed E-state index contributed by atoms with van der Waals surface area (Å²) >= 11 is 1.25. The molecule has 3 rings (SSSR count). The van der Waals surface area contributed by atoms with Crippen LogP contribution in [-0.4, -0.2) is 44.2 Å². The number of carbonyl (C=O) groups is 1. The monoisotopic (exact) mass is 420 g/mol. The summed E-state index contributed by atoms with van der Waals surface area (Å²) in [7, 11) is -0.655. The van der Waals surface area contributed by atoms with E-state index in [0.717, 1.165) is 16.8 Å². The molecule has 1 aromatic heterocycles. The van der Waals surface area contributed by atoms with Crippen molar-refractivity contribution in [1.82, 2.24) is 14.7 Å². The minimum absolute atomic E-state index is 0.124. The summed E-state index contributed by atoms with van der Waals surface area (Å²) in [5, 5.41) is 3.33. The summed E-state index contributed by atoms with van der Waals surface area (Å²) in [6.07, 6.45) is 0. The Bertz CT molecular complexity index is 1130. The molecule has 0 aliphatic heterocycles. The largest absolute Gasteiger partial charge is 0.497 e. The standard InChI is InChI=1S/C18H20N4O4S2/c1-11-4-5-12(8-16(11)28(24,25)19-2)20-17(23)10-27-18-21-14-7-6-13(26-3)9-15(14)22-18/h4-9,19H,10H2,1-3H3,(H,20,23)(H,21,22). The maximum atomic E-state index is 12.3. The fourth-order valence-corrected chi connectivity index (χ4v) is 4.25. The van der Waals surface area contributed by atoms with Crippen LogP contribution >= 0.6 is 11.8 Å². The molecule has 28 heavy (non-hydrogen) atoms. The van der Waals surface area contributed by atoms with Crippen LogP contribution in [-0.2, 0) is 14.8 Å². The van der Waals surface area contributed by atoms with Crippen molar-refractivity contribution in [3.63, 3.8) is 0 Å². The molecule has 0 fully saturated rings. The van der Waals surface area contributed by atoms with Crippen LogP contribution in [0.4, 0.5) is 5.69 Å². The molecule has 3 N–H and O–H groups in total. The van der Waals surface area contributed by atoms with Gasteiger partial charge in [-0.1, -0.05) is 17.8 Å². The highest BCUT2D eigenvalue weighted by molar-refractivity contribution is 7.99. The lowest BCUT2D eigenvalue weighted by Crippen LogP contribution is -2.20. The number of ether oxygens (including phenoxy) is 1. The first-order valence-electron chi connectivity index (χ1n) is 8.33. The quantitative estimate of drug-likeness (QED) is 0.506. The zero-order chi connectivity index (χ0) is 20.3. The number of H-pyrrole nitrogens is 1. The van der Waals surface area contributed by atoms with Crippen molar-refractivity contribution in [3.8, 4) is 5.75 Å². The van der Waals surface area contributed by atoms with Gasteiger partial charge in [-0.05, 0) is 43.8 Å². The molecule has 0 saturated carbocycles. The zero-order valence-corrected chi connectivity index (χ0v) is 17.2. The number of nitrogens with zero attached hydrogens (tertiary/aromatic N) is 1. The van der Waals surface area contributed by atoms with Crippen LogP contribution in [0.2, 0.25) is 0 Å². The molecule has 3 aromatic rings. The Morgan fingerprint density at radius 2 is 2.04 bits per heavy atom. The van der Waals surface area contributed by atoms with E-state index in [2.05, 4.69) is 20.0 Å². The third-order valence-corrected chi connectivity index (χ3v) is 6.47. The first-order chi connectivity index (χ1) is 13.3. The minimum atomic E-state index is -3.59. The average molecular weight is 421 g/mol. The number of anilines is 1. The molecule has 0 aliphatic rings. The van der Waals surface area contributed by atoms with Crippen molar-refractivity contribution >= 4 is 44.4 Å². The predicted molar refractivity (Wildman–Crippen MR) is 109 cm³/mol. The third kappa shape index (κ3) is 4.46. The molecule has 0 saturated heterocycles. The smallest absolute Gasteiger partial charge is 0.240 e. The lowest BCUT2D eigenvalue weighted by molar-refractivity contribution is -0.113. The molecule has 2 aromatic carbocycles. The molecule has 0 aliphatic carbocycles. The van der Waals surface area contributed by atoms with Crippen molar-refractivity contribution in [3.05, 3.63) is 42.0 Å². The summed E-state index contributed by atoms with van der Waals surface area (Å²) in [6.45, 7) is 1.70. The molecule has 10 heteroatoms. The molecule has 8 nitrogen and oxygen atoms in total. The second-order valence-corrected chi connectivity index (χ2v) is 8.77.